The van der Waals surface area contributed by atoms with Crippen LogP contribution in [0.4, 0.5) is 11.4 Å². The molecule has 2 unspecified atom stereocenters. The minimum absolute atomic E-state index is 0.0189. The smallest absolute Gasteiger partial charge is 0.269 e. The summed E-state index contributed by atoms with van der Waals surface area (Å²) < 4.78 is 12.6. The van der Waals surface area contributed by atoms with Crippen LogP contribution in [-0.2, 0) is 0 Å². The van der Waals surface area contributed by atoms with Crippen molar-refractivity contribution in [2.24, 2.45) is 0 Å². The van der Waals surface area contributed by atoms with E-state index in [1.54, 1.807) is 24.3 Å². The molecule has 7 rings (SSSR count). The molecule has 0 heterocycles. The van der Waals surface area contributed by atoms with Crippen LogP contribution in [0.3, 0.4) is 0 Å². The van der Waals surface area contributed by atoms with Crippen molar-refractivity contribution < 1.29 is 19.3 Å². The Morgan fingerprint density at radius 1 is 0.500 bits per heavy atom. The average molecular weight is 663 g/mol. The molecule has 50 heavy (non-hydrogen) atoms. The number of hydrogen-bond donors (Lipinski definition) is 0. The molecule has 248 valence electrons. The van der Waals surface area contributed by atoms with Crippen LogP contribution < -0.4 is 9.47 Å². The number of ether oxygens (including phenoxy) is 2. The second-order valence-corrected chi connectivity index (χ2v) is 12.5. The molecule has 0 amide bonds. The molecule has 0 N–H and O–H groups in total. The van der Waals surface area contributed by atoms with E-state index in [4.69, 9.17) is 9.47 Å². The van der Waals surface area contributed by atoms with E-state index in [1.807, 2.05) is 48.5 Å². The van der Waals surface area contributed by atoms with Crippen LogP contribution in [0.5, 0.6) is 23.0 Å². The molecule has 0 aromatic heterocycles. The highest BCUT2D eigenvalue weighted by Gasteiger charge is 2.26. The summed E-state index contributed by atoms with van der Waals surface area (Å²) in [6.07, 6.45) is 4.26. The van der Waals surface area contributed by atoms with Crippen LogP contribution in [0.1, 0.15) is 48.6 Å². The summed E-state index contributed by atoms with van der Waals surface area (Å²) in [6, 6.07) is 45.4. The van der Waals surface area contributed by atoms with Crippen molar-refractivity contribution in [3.8, 4) is 45.3 Å². The number of hydrogen-bond acceptors (Lipinski definition) is 6. The lowest BCUT2D eigenvalue weighted by atomic mass is 9.74. The Hall–Kier alpha value is -6.28. The van der Waals surface area contributed by atoms with Crippen LogP contribution in [-0.4, -0.2) is 9.85 Å². The summed E-state index contributed by atoms with van der Waals surface area (Å²) in [4.78, 5) is 21.4. The molecule has 8 heteroatoms. The third kappa shape index (κ3) is 7.24. The average Bonchev–Trinajstić information content (AvgIpc) is 3.16. The molecule has 1 fully saturated rings. The van der Waals surface area contributed by atoms with E-state index >= 15 is 0 Å². The van der Waals surface area contributed by atoms with Gasteiger partial charge >= 0.3 is 0 Å². The molecule has 6 aromatic carbocycles. The van der Waals surface area contributed by atoms with E-state index in [9.17, 15) is 20.2 Å². The summed E-state index contributed by atoms with van der Waals surface area (Å²) in [7, 11) is 0. The number of non-ortho nitro benzene ring substituents is 2. The molecule has 1 saturated carbocycles. The maximum Gasteiger partial charge on any atom is 0.269 e. The third-order valence-corrected chi connectivity index (χ3v) is 9.34. The first-order valence-electron chi connectivity index (χ1n) is 16.6. The number of nitrogens with zero attached hydrogens (tertiary/aromatic N) is 2. The molecule has 0 spiro atoms. The van der Waals surface area contributed by atoms with Crippen LogP contribution in [0.2, 0.25) is 0 Å². The van der Waals surface area contributed by atoms with Gasteiger partial charge in [-0.2, -0.15) is 0 Å². The van der Waals surface area contributed by atoms with Crippen LogP contribution >= 0.6 is 0 Å². The van der Waals surface area contributed by atoms with Gasteiger partial charge < -0.3 is 9.47 Å². The first-order chi connectivity index (χ1) is 24.4. The highest BCUT2D eigenvalue weighted by Crippen LogP contribution is 2.46. The summed E-state index contributed by atoms with van der Waals surface area (Å²) in [5.74, 6) is 3.15. The van der Waals surface area contributed by atoms with Crippen molar-refractivity contribution in [2.75, 3.05) is 0 Å². The van der Waals surface area contributed by atoms with E-state index < -0.39 is 9.85 Å². The fraction of sp³-hybridized carbons (Fsp3) is 0.143. The summed E-state index contributed by atoms with van der Waals surface area (Å²) >= 11 is 0. The van der Waals surface area contributed by atoms with Gasteiger partial charge in [-0.3, -0.25) is 20.2 Å². The Morgan fingerprint density at radius 2 is 0.900 bits per heavy atom. The van der Waals surface area contributed by atoms with Gasteiger partial charge in [0.1, 0.15) is 23.0 Å². The first-order valence-corrected chi connectivity index (χ1v) is 16.6. The van der Waals surface area contributed by atoms with Gasteiger partial charge in [0.15, 0.2) is 0 Å². The van der Waals surface area contributed by atoms with Crippen molar-refractivity contribution >= 4 is 11.4 Å². The minimum Gasteiger partial charge on any atom is -0.457 e. The molecular weight excluding hydrogens is 628 g/mol. The second-order valence-electron chi connectivity index (χ2n) is 12.5. The second kappa shape index (κ2) is 14.5. The third-order valence-electron chi connectivity index (χ3n) is 9.34. The van der Waals surface area contributed by atoms with Gasteiger partial charge in [0.25, 0.3) is 11.4 Å². The van der Waals surface area contributed by atoms with Gasteiger partial charge in [-0.05, 0) is 102 Å². The zero-order chi connectivity index (χ0) is 34.5. The number of nitro groups is 2. The van der Waals surface area contributed by atoms with Crippen molar-refractivity contribution in [1.82, 2.24) is 0 Å². The fourth-order valence-electron chi connectivity index (χ4n) is 6.79. The number of benzene rings is 6. The van der Waals surface area contributed by atoms with Crippen molar-refractivity contribution in [1.29, 1.82) is 0 Å². The molecule has 0 radical (unpaired) electrons. The Morgan fingerprint density at radius 3 is 1.28 bits per heavy atom. The van der Waals surface area contributed by atoms with Crippen LogP contribution in [0.15, 0.2) is 146 Å². The molecule has 8 nitrogen and oxygen atoms in total. The number of nitro benzene ring substituents is 2. The quantitative estimate of drug-likeness (QED) is 0.107. The van der Waals surface area contributed by atoms with Crippen LogP contribution in [0, 0.1) is 20.2 Å². The van der Waals surface area contributed by atoms with Gasteiger partial charge in [-0.25, -0.2) is 0 Å². The van der Waals surface area contributed by atoms with Gasteiger partial charge in [-0.1, -0.05) is 79.2 Å². The highest BCUT2D eigenvalue weighted by atomic mass is 16.6. The SMILES string of the molecule is O=[N+]([O-])c1ccc(Oc2ccc(C3CCCC(c4ccc(Oc5ccc([N+](=O)[O-])cc5)c(-c5ccccc5)c4)C3)cc2-c2ccccc2)cc1. The number of rotatable bonds is 10. The minimum atomic E-state index is -0.419. The molecule has 1 aliphatic carbocycles. The van der Waals surface area contributed by atoms with Gasteiger partial charge in [-0.15, -0.1) is 0 Å². The van der Waals surface area contributed by atoms with Gasteiger partial charge in [0.05, 0.1) is 9.85 Å². The maximum absolute atomic E-state index is 11.1. The van der Waals surface area contributed by atoms with E-state index in [-0.39, 0.29) is 11.4 Å². The highest BCUT2D eigenvalue weighted by molar-refractivity contribution is 5.73. The fourth-order valence-corrected chi connectivity index (χ4v) is 6.79. The Balaban J connectivity index is 1.16. The zero-order valence-electron chi connectivity index (χ0n) is 27.2. The van der Waals surface area contributed by atoms with Crippen molar-refractivity contribution in [3.05, 3.63) is 177 Å². The largest absolute Gasteiger partial charge is 0.457 e. The van der Waals surface area contributed by atoms with Gasteiger partial charge in [0.2, 0.25) is 0 Å². The predicted molar refractivity (Wildman–Crippen MR) is 194 cm³/mol. The molecule has 2 atom stereocenters. The summed E-state index contributed by atoms with van der Waals surface area (Å²) in [5.41, 5.74) is 6.57. The van der Waals surface area contributed by atoms with Crippen LogP contribution in [0.25, 0.3) is 22.3 Å². The Bertz CT molecular complexity index is 1960. The van der Waals surface area contributed by atoms with E-state index in [0.717, 1.165) is 47.9 Å². The normalized spacial score (nSPS) is 15.6. The standard InChI is InChI=1S/C42H34N2O6/c45-43(46)35-16-20-37(21-17-35)49-41-24-14-33(27-39(41)29-8-3-1-4-9-29)31-12-7-13-32(26-31)34-15-25-42(40(28-34)30-10-5-2-6-11-30)50-38-22-18-36(19-23-38)44(47)48/h1-6,8-11,14-25,27-28,31-32H,7,12-13,26H2. The van der Waals surface area contributed by atoms with Crippen molar-refractivity contribution in [2.45, 2.75) is 37.5 Å². The topological polar surface area (TPSA) is 105 Å². The van der Waals surface area contributed by atoms with E-state index in [1.165, 1.54) is 35.4 Å². The summed E-state index contributed by atoms with van der Waals surface area (Å²) in [5, 5.41) is 22.3. The Kier molecular flexibility index (Phi) is 9.33. The molecule has 1 aliphatic rings. The maximum atomic E-state index is 11.1. The van der Waals surface area contributed by atoms with E-state index in [2.05, 4.69) is 48.5 Å². The molecule has 0 aliphatic heterocycles. The molecular formula is C42H34N2O6. The lowest BCUT2D eigenvalue weighted by Crippen LogP contribution is -2.13. The monoisotopic (exact) mass is 662 g/mol. The van der Waals surface area contributed by atoms with E-state index in [0.29, 0.717) is 34.8 Å². The lowest BCUT2D eigenvalue weighted by Gasteiger charge is -2.31. The molecule has 0 saturated heterocycles. The Labute approximate surface area is 289 Å². The summed E-state index contributed by atoms with van der Waals surface area (Å²) in [6.45, 7) is 0. The molecule has 6 aromatic rings. The lowest BCUT2D eigenvalue weighted by molar-refractivity contribution is -0.385. The zero-order valence-corrected chi connectivity index (χ0v) is 27.2. The first kappa shape index (κ1) is 32.3. The molecule has 0 bridgehead atoms. The van der Waals surface area contributed by atoms with Gasteiger partial charge in [0, 0.05) is 35.4 Å². The predicted octanol–water partition coefficient (Wildman–Crippen LogP) is 11.9. The van der Waals surface area contributed by atoms with Crippen molar-refractivity contribution in [3.63, 3.8) is 0 Å².